The number of pyridine rings is 1. The molecule has 6 nitrogen and oxygen atoms in total. The van der Waals surface area contributed by atoms with Gasteiger partial charge in [0.25, 0.3) is 5.91 Å². The van der Waals surface area contributed by atoms with Crippen LogP contribution in [0.3, 0.4) is 0 Å². The van der Waals surface area contributed by atoms with E-state index in [-0.39, 0.29) is 24.8 Å². The Morgan fingerprint density at radius 3 is 2.60 bits per heavy atom. The van der Waals surface area contributed by atoms with Gasteiger partial charge >= 0.3 is 5.97 Å². The Labute approximate surface area is 122 Å². The molecule has 110 valence electrons. The Morgan fingerprint density at radius 1 is 1.30 bits per heavy atom. The molecule has 1 aromatic rings. The van der Waals surface area contributed by atoms with Crippen LogP contribution in [0.2, 0.25) is 5.15 Å². The van der Waals surface area contributed by atoms with E-state index in [1.54, 1.807) is 19.2 Å². The minimum atomic E-state index is -0.366. The smallest absolute Gasteiger partial charge is 0.307 e. The topological polar surface area (TPSA) is 68.7 Å². The molecule has 0 atom stereocenters. The largest absolute Gasteiger partial charge is 0.469 e. The first-order valence-electron chi connectivity index (χ1n) is 6.05. The fourth-order valence-corrected chi connectivity index (χ4v) is 1.64. The Morgan fingerprint density at radius 2 is 2.05 bits per heavy atom. The number of nitrogens with zero attached hydrogens (tertiary/aromatic N) is 2. The van der Waals surface area contributed by atoms with Crippen molar-refractivity contribution < 1.29 is 19.1 Å². The van der Waals surface area contributed by atoms with Gasteiger partial charge in [0.2, 0.25) is 0 Å². The lowest BCUT2D eigenvalue weighted by molar-refractivity contribution is -0.140. The Balaban J connectivity index is 2.72. The van der Waals surface area contributed by atoms with Crippen LogP contribution < -0.4 is 0 Å². The number of hydrogen-bond donors (Lipinski definition) is 0. The first-order valence-corrected chi connectivity index (χ1v) is 6.43. The van der Waals surface area contributed by atoms with Crippen molar-refractivity contribution in [3.05, 3.63) is 29.0 Å². The van der Waals surface area contributed by atoms with E-state index >= 15 is 0 Å². The average molecular weight is 301 g/mol. The zero-order chi connectivity index (χ0) is 15.0. The van der Waals surface area contributed by atoms with Gasteiger partial charge in [0, 0.05) is 26.4 Å². The Kier molecular flexibility index (Phi) is 6.97. The molecule has 0 aliphatic carbocycles. The molecule has 20 heavy (non-hydrogen) atoms. The van der Waals surface area contributed by atoms with E-state index in [4.69, 9.17) is 16.3 Å². The zero-order valence-electron chi connectivity index (χ0n) is 11.5. The van der Waals surface area contributed by atoms with Crippen LogP contribution in [-0.2, 0) is 14.3 Å². The van der Waals surface area contributed by atoms with Crippen molar-refractivity contribution in [1.29, 1.82) is 0 Å². The van der Waals surface area contributed by atoms with Gasteiger partial charge in [0.15, 0.2) is 0 Å². The molecule has 1 rings (SSSR count). The van der Waals surface area contributed by atoms with E-state index in [9.17, 15) is 9.59 Å². The third kappa shape index (κ3) is 5.14. The molecule has 1 amide bonds. The summed E-state index contributed by atoms with van der Waals surface area (Å²) in [6.45, 7) is 1.03. The molecule has 0 aliphatic rings. The van der Waals surface area contributed by atoms with Gasteiger partial charge in [-0.05, 0) is 12.1 Å². The van der Waals surface area contributed by atoms with Crippen LogP contribution >= 0.6 is 11.6 Å². The molecule has 0 N–H and O–H groups in total. The van der Waals surface area contributed by atoms with Gasteiger partial charge in [-0.2, -0.15) is 0 Å². The summed E-state index contributed by atoms with van der Waals surface area (Å²) in [7, 11) is 2.86. The first-order chi connectivity index (χ1) is 9.58. The van der Waals surface area contributed by atoms with E-state index in [1.165, 1.54) is 18.2 Å². The fourth-order valence-electron chi connectivity index (χ4n) is 1.53. The highest BCUT2D eigenvalue weighted by atomic mass is 35.5. The molecule has 1 heterocycles. The van der Waals surface area contributed by atoms with Crippen LogP contribution in [0.25, 0.3) is 0 Å². The summed E-state index contributed by atoms with van der Waals surface area (Å²) >= 11 is 5.68. The summed E-state index contributed by atoms with van der Waals surface area (Å²) in [5, 5.41) is 0.319. The zero-order valence-corrected chi connectivity index (χ0v) is 12.2. The van der Waals surface area contributed by atoms with E-state index in [0.717, 1.165) is 0 Å². The van der Waals surface area contributed by atoms with Crippen LogP contribution in [0.4, 0.5) is 0 Å². The predicted molar refractivity (Wildman–Crippen MR) is 73.7 cm³/mol. The first kappa shape index (κ1) is 16.4. The summed E-state index contributed by atoms with van der Waals surface area (Å²) in [6, 6.07) is 3.14. The maximum absolute atomic E-state index is 12.3. The third-order valence-corrected chi connectivity index (χ3v) is 2.86. The van der Waals surface area contributed by atoms with Crippen LogP contribution in [-0.4, -0.2) is 55.7 Å². The van der Waals surface area contributed by atoms with Crippen molar-refractivity contribution in [2.45, 2.75) is 6.42 Å². The maximum Gasteiger partial charge on any atom is 0.307 e. The Hall–Kier alpha value is -1.66. The van der Waals surface area contributed by atoms with E-state index in [2.05, 4.69) is 9.72 Å². The number of amides is 1. The number of halogens is 1. The number of esters is 1. The fraction of sp³-hybridized carbons (Fsp3) is 0.462. The van der Waals surface area contributed by atoms with Gasteiger partial charge < -0.3 is 14.4 Å². The molecular formula is C13H17ClN2O4. The number of rotatable bonds is 7. The predicted octanol–water partition coefficient (Wildman–Crippen LogP) is 1.39. The van der Waals surface area contributed by atoms with Crippen LogP contribution in [0.5, 0.6) is 0 Å². The highest BCUT2D eigenvalue weighted by Crippen LogP contribution is 2.09. The Bertz CT molecular complexity index is 450. The quantitative estimate of drug-likeness (QED) is 0.562. The van der Waals surface area contributed by atoms with Crippen LogP contribution in [0, 0.1) is 0 Å². The maximum atomic E-state index is 12.3. The normalized spacial score (nSPS) is 10.2. The number of carbonyl (C=O) groups excluding carboxylic acids is 2. The summed E-state index contributed by atoms with van der Waals surface area (Å²) in [4.78, 5) is 28.9. The minimum Gasteiger partial charge on any atom is -0.469 e. The van der Waals surface area contributed by atoms with E-state index in [0.29, 0.717) is 23.9 Å². The van der Waals surface area contributed by atoms with Crippen LogP contribution in [0.15, 0.2) is 18.3 Å². The minimum absolute atomic E-state index is 0.132. The van der Waals surface area contributed by atoms with Crippen molar-refractivity contribution in [3.8, 4) is 0 Å². The second-order valence-electron chi connectivity index (χ2n) is 3.98. The number of ether oxygens (including phenoxy) is 2. The average Bonchev–Trinajstić information content (AvgIpc) is 2.47. The van der Waals surface area contributed by atoms with E-state index < -0.39 is 0 Å². The van der Waals surface area contributed by atoms with Gasteiger partial charge in [0.1, 0.15) is 5.15 Å². The summed E-state index contributed by atoms with van der Waals surface area (Å²) in [6.07, 6.45) is 1.54. The van der Waals surface area contributed by atoms with Crippen LogP contribution in [0.1, 0.15) is 16.8 Å². The molecule has 0 aromatic carbocycles. The lowest BCUT2D eigenvalue weighted by Crippen LogP contribution is -2.35. The number of methoxy groups -OCH3 is 2. The summed E-state index contributed by atoms with van der Waals surface area (Å²) in [5.41, 5.74) is 0.412. The van der Waals surface area contributed by atoms with Gasteiger partial charge in [-0.25, -0.2) is 4.98 Å². The van der Waals surface area contributed by atoms with Gasteiger partial charge in [-0.1, -0.05) is 11.6 Å². The lowest BCUT2D eigenvalue weighted by atomic mass is 10.2. The molecular weight excluding hydrogens is 284 g/mol. The number of carbonyl (C=O) groups is 2. The molecule has 0 radical (unpaired) electrons. The summed E-state index contributed by atoms with van der Waals surface area (Å²) < 4.78 is 9.53. The molecule has 0 spiro atoms. The van der Waals surface area contributed by atoms with Gasteiger partial charge in [-0.15, -0.1) is 0 Å². The van der Waals surface area contributed by atoms with E-state index in [1.807, 2.05) is 0 Å². The van der Waals surface area contributed by atoms with Crippen molar-refractivity contribution in [1.82, 2.24) is 9.88 Å². The molecule has 1 aromatic heterocycles. The number of aromatic nitrogens is 1. The molecule has 0 aliphatic heterocycles. The lowest BCUT2D eigenvalue weighted by Gasteiger charge is -2.21. The molecule has 0 saturated carbocycles. The van der Waals surface area contributed by atoms with Crippen molar-refractivity contribution >= 4 is 23.5 Å². The highest BCUT2D eigenvalue weighted by molar-refractivity contribution is 6.29. The van der Waals surface area contributed by atoms with Crippen molar-refractivity contribution in [3.63, 3.8) is 0 Å². The second-order valence-corrected chi connectivity index (χ2v) is 4.37. The molecule has 0 unspecified atom stereocenters. The number of hydrogen-bond acceptors (Lipinski definition) is 5. The van der Waals surface area contributed by atoms with Crippen molar-refractivity contribution in [2.75, 3.05) is 33.9 Å². The highest BCUT2D eigenvalue weighted by Gasteiger charge is 2.17. The summed E-state index contributed by atoms with van der Waals surface area (Å²) in [5.74, 6) is -0.593. The molecule has 7 heteroatoms. The SMILES string of the molecule is COCCN(CCC(=O)OC)C(=O)c1ccc(Cl)nc1. The van der Waals surface area contributed by atoms with Crippen molar-refractivity contribution in [2.24, 2.45) is 0 Å². The van der Waals surface area contributed by atoms with Gasteiger partial charge in [0.05, 0.1) is 25.7 Å². The molecule has 0 bridgehead atoms. The monoisotopic (exact) mass is 300 g/mol. The van der Waals surface area contributed by atoms with Gasteiger partial charge in [-0.3, -0.25) is 9.59 Å². The second kappa shape index (κ2) is 8.50. The standard InChI is InChI=1S/C13H17ClN2O4/c1-19-8-7-16(6-5-12(17)20-2)13(18)10-3-4-11(14)15-9-10/h3-4,9H,5-8H2,1-2H3. The third-order valence-electron chi connectivity index (χ3n) is 2.64. The molecule has 0 fully saturated rings. The molecule has 0 saturated heterocycles.